The third-order valence-corrected chi connectivity index (χ3v) is 4.56. The number of hydrogen-bond donors (Lipinski definition) is 2. The molecule has 1 aliphatic carbocycles. The highest BCUT2D eigenvalue weighted by Gasteiger charge is 2.36. The van der Waals surface area contributed by atoms with Crippen LogP contribution in [0.3, 0.4) is 0 Å². The van der Waals surface area contributed by atoms with E-state index in [1.165, 1.54) is 0 Å². The molecule has 0 aromatic heterocycles. The van der Waals surface area contributed by atoms with Gasteiger partial charge in [-0.3, -0.25) is 9.59 Å². The zero-order valence-electron chi connectivity index (χ0n) is 12.0. The fourth-order valence-corrected chi connectivity index (χ4v) is 3.50. The molecule has 5 heteroatoms. The fourth-order valence-electron chi connectivity index (χ4n) is 3.50. The number of carboxylic acids is 1. The number of rotatable bonds is 5. The van der Waals surface area contributed by atoms with Crippen molar-refractivity contribution < 1.29 is 19.4 Å². The highest BCUT2D eigenvalue weighted by atomic mass is 16.5. The number of carboxylic acid groups (broad SMARTS) is 1. The van der Waals surface area contributed by atoms with Gasteiger partial charge in [-0.15, -0.1) is 0 Å². The lowest BCUT2D eigenvalue weighted by Gasteiger charge is -2.36. The topological polar surface area (TPSA) is 75.6 Å². The van der Waals surface area contributed by atoms with Crippen LogP contribution in [0.25, 0.3) is 0 Å². The first-order valence-corrected chi connectivity index (χ1v) is 7.69. The molecule has 1 saturated carbocycles. The molecule has 5 nitrogen and oxygen atoms in total. The van der Waals surface area contributed by atoms with E-state index in [0.29, 0.717) is 19.6 Å². The molecule has 2 fully saturated rings. The van der Waals surface area contributed by atoms with Gasteiger partial charge >= 0.3 is 5.97 Å². The van der Waals surface area contributed by atoms with Crippen molar-refractivity contribution in [2.75, 3.05) is 13.2 Å². The van der Waals surface area contributed by atoms with Crippen molar-refractivity contribution in [1.82, 2.24) is 5.32 Å². The third-order valence-electron chi connectivity index (χ3n) is 4.56. The minimum Gasteiger partial charge on any atom is -0.481 e. The van der Waals surface area contributed by atoms with Crippen LogP contribution in [0.2, 0.25) is 0 Å². The lowest BCUT2D eigenvalue weighted by atomic mass is 9.69. The number of carbonyl (C=O) groups is 2. The van der Waals surface area contributed by atoms with Gasteiger partial charge in [0, 0.05) is 25.7 Å². The van der Waals surface area contributed by atoms with E-state index < -0.39 is 5.97 Å². The molecule has 0 spiro atoms. The van der Waals surface area contributed by atoms with Gasteiger partial charge in [-0.05, 0) is 31.1 Å². The zero-order valence-corrected chi connectivity index (χ0v) is 12.0. The smallest absolute Gasteiger partial charge is 0.303 e. The molecule has 0 bridgehead atoms. The van der Waals surface area contributed by atoms with Crippen LogP contribution in [0.1, 0.15) is 57.8 Å². The monoisotopic (exact) mass is 283 g/mol. The highest BCUT2D eigenvalue weighted by Crippen LogP contribution is 2.42. The zero-order chi connectivity index (χ0) is 14.4. The van der Waals surface area contributed by atoms with E-state index in [2.05, 4.69) is 5.32 Å². The van der Waals surface area contributed by atoms with E-state index in [4.69, 9.17) is 9.84 Å². The van der Waals surface area contributed by atoms with Gasteiger partial charge in [0.15, 0.2) is 0 Å². The standard InChI is InChI=1S/C15H25NO4/c17-13(16-12-4-8-20-9-5-12)10-15(11-14(18)19)6-2-1-3-7-15/h12H,1-11H2,(H,16,17)(H,18,19). The lowest BCUT2D eigenvalue weighted by molar-refractivity contribution is -0.141. The van der Waals surface area contributed by atoms with Crippen LogP contribution in [0, 0.1) is 5.41 Å². The van der Waals surface area contributed by atoms with Crippen LogP contribution in [-0.4, -0.2) is 36.2 Å². The summed E-state index contributed by atoms with van der Waals surface area (Å²) in [5.74, 6) is -0.772. The molecule has 0 atom stereocenters. The van der Waals surface area contributed by atoms with Gasteiger partial charge in [0.1, 0.15) is 0 Å². The van der Waals surface area contributed by atoms with Gasteiger partial charge in [-0.1, -0.05) is 19.3 Å². The molecule has 2 aliphatic rings. The average molecular weight is 283 g/mol. The summed E-state index contributed by atoms with van der Waals surface area (Å²) in [6.45, 7) is 1.40. The normalized spacial score (nSPS) is 23.2. The Morgan fingerprint density at radius 3 is 2.35 bits per heavy atom. The van der Waals surface area contributed by atoms with E-state index in [1.807, 2.05) is 0 Å². The first-order valence-electron chi connectivity index (χ1n) is 7.69. The quantitative estimate of drug-likeness (QED) is 0.810. The Labute approximate surface area is 120 Å². The predicted octanol–water partition coefficient (Wildman–Crippen LogP) is 2.10. The van der Waals surface area contributed by atoms with E-state index in [1.54, 1.807) is 0 Å². The Kier molecular flexibility index (Phi) is 5.40. The Morgan fingerprint density at radius 2 is 1.75 bits per heavy atom. The molecular weight excluding hydrogens is 258 g/mol. The van der Waals surface area contributed by atoms with Crippen LogP contribution < -0.4 is 5.32 Å². The maximum atomic E-state index is 12.2. The van der Waals surface area contributed by atoms with Crippen molar-refractivity contribution in [3.63, 3.8) is 0 Å². The second-order valence-corrected chi connectivity index (χ2v) is 6.26. The molecule has 1 heterocycles. The minimum absolute atomic E-state index is 0.0139. The Bertz CT molecular complexity index is 344. The van der Waals surface area contributed by atoms with Crippen molar-refractivity contribution in [2.24, 2.45) is 5.41 Å². The molecule has 20 heavy (non-hydrogen) atoms. The number of carbonyl (C=O) groups excluding carboxylic acids is 1. The minimum atomic E-state index is -0.786. The molecule has 1 amide bonds. The summed E-state index contributed by atoms with van der Waals surface area (Å²) in [7, 11) is 0. The largest absolute Gasteiger partial charge is 0.481 e. The van der Waals surface area contributed by atoms with Crippen molar-refractivity contribution >= 4 is 11.9 Å². The molecule has 2 N–H and O–H groups in total. The number of ether oxygens (including phenoxy) is 1. The summed E-state index contributed by atoms with van der Waals surface area (Å²) in [6.07, 6.45) is 7.15. The summed E-state index contributed by atoms with van der Waals surface area (Å²) in [5.41, 5.74) is -0.320. The summed E-state index contributed by atoms with van der Waals surface area (Å²) in [6, 6.07) is 0.196. The summed E-state index contributed by atoms with van der Waals surface area (Å²) in [5, 5.41) is 12.2. The van der Waals surface area contributed by atoms with E-state index >= 15 is 0 Å². The van der Waals surface area contributed by atoms with Gasteiger partial charge < -0.3 is 15.2 Å². The predicted molar refractivity (Wildman–Crippen MR) is 74.4 cm³/mol. The summed E-state index contributed by atoms with van der Waals surface area (Å²) in [4.78, 5) is 23.3. The van der Waals surface area contributed by atoms with Gasteiger partial charge in [0.2, 0.25) is 5.91 Å². The molecule has 1 saturated heterocycles. The van der Waals surface area contributed by atoms with Crippen LogP contribution in [0.4, 0.5) is 0 Å². The average Bonchev–Trinajstić information content (AvgIpc) is 2.39. The number of nitrogens with one attached hydrogen (secondary N) is 1. The number of aliphatic carboxylic acids is 1. The van der Waals surface area contributed by atoms with Crippen LogP contribution >= 0.6 is 0 Å². The van der Waals surface area contributed by atoms with Gasteiger partial charge in [-0.2, -0.15) is 0 Å². The van der Waals surface area contributed by atoms with Crippen molar-refractivity contribution in [3.05, 3.63) is 0 Å². The third kappa shape index (κ3) is 4.47. The van der Waals surface area contributed by atoms with Crippen LogP contribution in [0.5, 0.6) is 0 Å². The van der Waals surface area contributed by atoms with E-state index in [0.717, 1.165) is 44.9 Å². The Hall–Kier alpha value is -1.10. The first-order chi connectivity index (χ1) is 9.60. The van der Waals surface area contributed by atoms with E-state index in [-0.39, 0.29) is 23.8 Å². The number of hydrogen-bond acceptors (Lipinski definition) is 3. The fraction of sp³-hybridized carbons (Fsp3) is 0.867. The molecule has 0 aromatic carbocycles. The van der Waals surface area contributed by atoms with Gasteiger partial charge in [-0.25, -0.2) is 0 Å². The molecule has 114 valence electrons. The van der Waals surface area contributed by atoms with Crippen LogP contribution in [-0.2, 0) is 14.3 Å². The lowest BCUT2D eigenvalue weighted by Crippen LogP contribution is -2.42. The maximum absolute atomic E-state index is 12.2. The second kappa shape index (κ2) is 7.07. The first kappa shape index (κ1) is 15.3. The van der Waals surface area contributed by atoms with Crippen LogP contribution in [0.15, 0.2) is 0 Å². The SMILES string of the molecule is O=C(O)CC1(CC(=O)NC2CCOCC2)CCCCC1. The molecule has 0 unspecified atom stereocenters. The molecule has 0 radical (unpaired) electrons. The molecular formula is C15H25NO4. The Balaban J connectivity index is 1.89. The van der Waals surface area contributed by atoms with Gasteiger partial charge in [0.25, 0.3) is 0 Å². The Morgan fingerprint density at radius 1 is 1.10 bits per heavy atom. The van der Waals surface area contributed by atoms with Crippen molar-refractivity contribution in [2.45, 2.75) is 63.8 Å². The molecule has 2 rings (SSSR count). The van der Waals surface area contributed by atoms with Crippen molar-refractivity contribution in [3.8, 4) is 0 Å². The second-order valence-electron chi connectivity index (χ2n) is 6.26. The van der Waals surface area contributed by atoms with E-state index in [9.17, 15) is 9.59 Å². The summed E-state index contributed by atoms with van der Waals surface area (Å²) >= 11 is 0. The summed E-state index contributed by atoms with van der Waals surface area (Å²) < 4.78 is 5.27. The molecule has 0 aromatic rings. The maximum Gasteiger partial charge on any atom is 0.303 e. The highest BCUT2D eigenvalue weighted by molar-refractivity contribution is 5.78. The van der Waals surface area contributed by atoms with Crippen molar-refractivity contribution in [1.29, 1.82) is 0 Å². The molecule has 1 aliphatic heterocycles. The number of amides is 1. The van der Waals surface area contributed by atoms with Gasteiger partial charge in [0.05, 0.1) is 6.42 Å².